The van der Waals surface area contributed by atoms with Gasteiger partial charge >= 0.3 is 0 Å². The van der Waals surface area contributed by atoms with Crippen molar-refractivity contribution in [2.24, 2.45) is 5.10 Å². The van der Waals surface area contributed by atoms with Gasteiger partial charge in [0.05, 0.1) is 19.0 Å². The lowest BCUT2D eigenvalue weighted by molar-refractivity contribution is 0.415. The number of methoxy groups -OCH3 is 1. The number of hydrogen-bond donors (Lipinski definition) is 1. The zero-order valence-corrected chi connectivity index (χ0v) is 13.9. The van der Waals surface area contributed by atoms with Gasteiger partial charge in [-0.25, -0.2) is 4.98 Å². The Morgan fingerprint density at radius 1 is 1.13 bits per heavy atom. The van der Waals surface area contributed by atoms with Crippen molar-refractivity contribution >= 4 is 34.3 Å². The van der Waals surface area contributed by atoms with Gasteiger partial charge in [0.1, 0.15) is 5.75 Å². The predicted octanol–water partition coefficient (Wildman–Crippen LogP) is 4.92. The Bertz CT molecular complexity index is 797. The van der Waals surface area contributed by atoms with E-state index in [1.807, 2.05) is 53.9 Å². The van der Waals surface area contributed by atoms with Gasteiger partial charge < -0.3 is 4.74 Å². The molecule has 0 aliphatic heterocycles. The van der Waals surface area contributed by atoms with Crippen molar-refractivity contribution in [3.8, 4) is 17.0 Å². The quantitative estimate of drug-likeness (QED) is 0.528. The average molecular weight is 344 g/mol. The lowest BCUT2D eigenvalue weighted by Crippen LogP contribution is -1.90. The molecule has 0 radical (unpaired) electrons. The van der Waals surface area contributed by atoms with Crippen LogP contribution in [0.4, 0.5) is 5.13 Å². The van der Waals surface area contributed by atoms with E-state index in [0.29, 0.717) is 5.02 Å². The van der Waals surface area contributed by atoms with Gasteiger partial charge in [0.2, 0.25) is 5.13 Å². The average Bonchev–Trinajstić information content (AvgIpc) is 3.05. The Kier molecular flexibility index (Phi) is 4.90. The molecule has 0 aliphatic carbocycles. The molecule has 0 fully saturated rings. The lowest BCUT2D eigenvalue weighted by Gasteiger charge is -1.99. The number of nitrogens with one attached hydrogen (secondary N) is 1. The maximum atomic E-state index is 5.89. The molecule has 6 heteroatoms. The van der Waals surface area contributed by atoms with Gasteiger partial charge in [0, 0.05) is 16.0 Å². The minimum atomic E-state index is 0.714. The minimum absolute atomic E-state index is 0.714. The first kappa shape index (κ1) is 15.5. The van der Waals surface area contributed by atoms with Gasteiger partial charge in [-0.1, -0.05) is 23.7 Å². The van der Waals surface area contributed by atoms with Crippen molar-refractivity contribution in [1.29, 1.82) is 0 Å². The summed E-state index contributed by atoms with van der Waals surface area (Å²) in [5.74, 6) is 0.822. The number of ether oxygens (including phenoxy) is 1. The smallest absolute Gasteiger partial charge is 0.203 e. The molecule has 1 N–H and O–H groups in total. The predicted molar refractivity (Wildman–Crippen MR) is 96.8 cm³/mol. The second kappa shape index (κ2) is 7.26. The number of rotatable bonds is 5. The monoisotopic (exact) mass is 343 g/mol. The van der Waals surface area contributed by atoms with E-state index in [1.165, 1.54) is 11.3 Å². The van der Waals surface area contributed by atoms with Crippen molar-refractivity contribution in [3.63, 3.8) is 0 Å². The highest BCUT2D eigenvalue weighted by Crippen LogP contribution is 2.25. The summed E-state index contributed by atoms with van der Waals surface area (Å²) in [7, 11) is 1.64. The first-order valence-corrected chi connectivity index (χ1v) is 8.15. The van der Waals surface area contributed by atoms with Crippen molar-refractivity contribution in [1.82, 2.24) is 4.98 Å². The number of benzene rings is 2. The van der Waals surface area contributed by atoms with E-state index < -0.39 is 0 Å². The van der Waals surface area contributed by atoms with Gasteiger partial charge in [-0.05, 0) is 42.0 Å². The molecule has 4 nitrogen and oxygen atoms in total. The number of hydrogen-bond acceptors (Lipinski definition) is 5. The van der Waals surface area contributed by atoms with E-state index in [0.717, 1.165) is 27.7 Å². The summed E-state index contributed by atoms with van der Waals surface area (Å²) in [6, 6.07) is 15.3. The van der Waals surface area contributed by atoms with Crippen LogP contribution in [0.1, 0.15) is 5.56 Å². The van der Waals surface area contributed by atoms with Crippen LogP contribution in [0.5, 0.6) is 5.75 Å². The first-order chi connectivity index (χ1) is 11.2. The van der Waals surface area contributed by atoms with Crippen LogP contribution in [0.2, 0.25) is 5.02 Å². The Hall–Kier alpha value is -2.37. The third kappa shape index (κ3) is 4.09. The topological polar surface area (TPSA) is 46.5 Å². The van der Waals surface area contributed by atoms with Crippen molar-refractivity contribution < 1.29 is 4.74 Å². The standard InChI is InChI=1S/C17H14ClN3OS/c1-22-15-8-2-12(3-9-15)10-19-21-17-20-16(11-23-17)13-4-6-14(18)7-5-13/h2-11H,1H3,(H,20,21)/b19-10+. The van der Waals surface area contributed by atoms with Gasteiger partial charge in [-0.15, -0.1) is 11.3 Å². The summed E-state index contributed by atoms with van der Waals surface area (Å²) >= 11 is 7.39. The summed E-state index contributed by atoms with van der Waals surface area (Å²) in [5.41, 5.74) is 5.85. The maximum absolute atomic E-state index is 5.89. The molecule has 2 aromatic carbocycles. The fourth-order valence-corrected chi connectivity index (χ4v) is 2.72. The van der Waals surface area contributed by atoms with E-state index in [9.17, 15) is 0 Å². The Labute approximate surface area is 143 Å². The maximum Gasteiger partial charge on any atom is 0.203 e. The van der Waals surface area contributed by atoms with Crippen LogP contribution in [0.25, 0.3) is 11.3 Å². The second-order valence-electron chi connectivity index (χ2n) is 4.69. The molecular formula is C17H14ClN3OS. The normalized spacial score (nSPS) is 10.9. The molecule has 1 heterocycles. The van der Waals surface area contributed by atoms with Gasteiger partial charge in [0.15, 0.2) is 0 Å². The van der Waals surface area contributed by atoms with Crippen LogP contribution in [-0.2, 0) is 0 Å². The van der Waals surface area contributed by atoms with Crippen LogP contribution in [0.15, 0.2) is 59.0 Å². The van der Waals surface area contributed by atoms with Gasteiger partial charge in [0.25, 0.3) is 0 Å². The minimum Gasteiger partial charge on any atom is -0.497 e. The molecule has 1 aromatic heterocycles. The summed E-state index contributed by atoms with van der Waals surface area (Å²) in [6.07, 6.45) is 1.74. The molecule has 3 aromatic rings. The molecule has 116 valence electrons. The van der Waals surface area contributed by atoms with E-state index >= 15 is 0 Å². The van der Waals surface area contributed by atoms with Crippen LogP contribution >= 0.6 is 22.9 Å². The first-order valence-electron chi connectivity index (χ1n) is 6.89. The summed E-state index contributed by atoms with van der Waals surface area (Å²) in [4.78, 5) is 4.50. The van der Waals surface area contributed by atoms with Crippen molar-refractivity contribution in [2.75, 3.05) is 12.5 Å². The Morgan fingerprint density at radius 3 is 2.57 bits per heavy atom. The molecule has 0 saturated carbocycles. The van der Waals surface area contributed by atoms with Gasteiger partial charge in [-0.3, -0.25) is 5.43 Å². The summed E-state index contributed by atoms with van der Waals surface area (Å²) in [5, 5.41) is 7.63. The molecule has 0 aliphatic rings. The Morgan fingerprint density at radius 2 is 1.87 bits per heavy atom. The van der Waals surface area contributed by atoms with Crippen LogP contribution in [0, 0.1) is 0 Å². The van der Waals surface area contributed by atoms with E-state index in [1.54, 1.807) is 13.3 Å². The van der Waals surface area contributed by atoms with Crippen LogP contribution in [-0.4, -0.2) is 18.3 Å². The van der Waals surface area contributed by atoms with E-state index in [4.69, 9.17) is 16.3 Å². The van der Waals surface area contributed by atoms with Crippen LogP contribution < -0.4 is 10.2 Å². The number of aromatic nitrogens is 1. The molecule has 0 unspecified atom stereocenters. The SMILES string of the molecule is COc1ccc(/C=N/Nc2nc(-c3ccc(Cl)cc3)cs2)cc1. The molecule has 0 bridgehead atoms. The Balaban J connectivity index is 1.64. The van der Waals surface area contributed by atoms with E-state index in [-0.39, 0.29) is 0 Å². The van der Waals surface area contributed by atoms with E-state index in [2.05, 4.69) is 15.5 Å². The van der Waals surface area contributed by atoms with Crippen molar-refractivity contribution in [3.05, 3.63) is 64.5 Å². The lowest BCUT2D eigenvalue weighted by atomic mass is 10.2. The zero-order valence-electron chi connectivity index (χ0n) is 12.4. The third-order valence-corrected chi connectivity index (χ3v) is 4.13. The highest BCUT2D eigenvalue weighted by molar-refractivity contribution is 7.14. The highest BCUT2D eigenvalue weighted by atomic mass is 35.5. The highest BCUT2D eigenvalue weighted by Gasteiger charge is 2.03. The second-order valence-corrected chi connectivity index (χ2v) is 5.98. The molecule has 0 atom stereocenters. The molecule has 0 amide bonds. The zero-order chi connectivity index (χ0) is 16.1. The molecule has 23 heavy (non-hydrogen) atoms. The molecule has 0 saturated heterocycles. The van der Waals surface area contributed by atoms with Crippen molar-refractivity contribution in [2.45, 2.75) is 0 Å². The van der Waals surface area contributed by atoms with Gasteiger partial charge in [-0.2, -0.15) is 5.10 Å². The number of hydrazone groups is 1. The van der Waals surface area contributed by atoms with Crippen LogP contribution in [0.3, 0.4) is 0 Å². The molecule has 0 spiro atoms. The largest absolute Gasteiger partial charge is 0.497 e. The summed E-state index contributed by atoms with van der Waals surface area (Å²) < 4.78 is 5.12. The number of nitrogens with zero attached hydrogens (tertiary/aromatic N) is 2. The number of thiazole rings is 1. The fraction of sp³-hybridized carbons (Fsp3) is 0.0588. The molecule has 3 rings (SSSR count). The number of anilines is 1. The summed E-state index contributed by atoms with van der Waals surface area (Å²) in [6.45, 7) is 0. The fourth-order valence-electron chi connectivity index (χ4n) is 1.93. The molecular weight excluding hydrogens is 330 g/mol. The third-order valence-electron chi connectivity index (χ3n) is 3.13. The number of halogens is 1.